The highest BCUT2D eigenvalue weighted by Crippen LogP contribution is 2.20. The van der Waals surface area contributed by atoms with Crippen molar-refractivity contribution in [3.05, 3.63) is 23.8 Å². The van der Waals surface area contributed by atoms with E-state index in [1.807, 2.05) is 27.1 Å². The maximum absolute atomic E-state index is 11.9. The topological polar surface area (TPSA) is 90.5 Å². The van der Waals surface area contributed by atoms with E-state index < -0.39 is 0 Å². The van der Waals surface area contributed by atoms with E-state index in [-0.39, 0.29) is 30.7 Å². The van der Waals surface area contributed by atoms with Crippen molar-refractivity contribution in [1.82, 2.24) is 10.2 Å². The van der Waals surface area contributed by atoms with E-state index in [1.165, 1.54) is 6.92 Å². The van der Waals surface area contributed by atoms with Crippen LogP contribution in [0.15, 0.2) is 18.2 Å². The van der Waals surface area contributed by atoms with Crippen LogP contribution in [0.25, 0.3) is 0 Å². The van der Waals surface area contributed by atoms with Gasteiger partial charge in [0, 0.05) is 31.3 Å². The Kier molecular flexibility index (Phi) is 7.21. The van der Waals surface area contributed by atoms with Crippen molar-refractivity contribution in [2.24, 2.45) is 0 Å². The number of carbonyl (C=O) groups excluding carboxylic acids is 3. The summed E-state index contributed by atoms with van der Waals surface area (Å²) < 4.78 is 0. The first-order valence-electron chi connectivity index (χ1n) is 7.37. The van der Waals surface area contributed by atoms with Crippen LogP contribution >= 0.6 is 0 Å². The monoisotopic (exact) mass is 320 g/mol. The molecule has 7 nitrogen and oxygen atoms in total. The van der Waals surface area contributed by atoms with E-state index >= 15 is 0 Å². The zero-order valence-electron chi connectivity index (χ0n) is 14.0. The van der Waals surface area contributed by atoms with Gasteiger partial charge in [0.25, 0.3) is 0 Å². The minimum atomic E-state index is -0.196. The Morgan fingerprint density at radius 1 is 1.09 bits per heavy atom. The van der Waals surface area contributed by atoms with Crippen LogP contribution in [0.3, 0.4) is 0 Å². The maximum atomic E-state index is 11.9. The number of nitrogens with zero attached hydrogens (tertiary/aromatic N) is 1. The molecule has 0 aliphatic heterocycles. The van der Waals surface area contributed by atoms with Gasteiger partial charge in [0.15, 0.2) is 0 Å². The Hall–Kier alpha value is -2.41. The molecule has 0 unspecified atom stereocenters. The van der Waals surface area contributed by atoms with Crippen molar-refractivity contribution in [1.29, 1.82) is 0 Å². The molecule has 0 spiro atoms. The van der Waals surface area contributed by atoms with Crippen LogP contribution in [0.5, 0.6) is 0 Å². The third-order valence-corrected chi connectivity index (χ3v) is 2.98. The smallest absolute Gasteiger partial charge is 0.238 e. The van der Waals surface area contributed by atoms with Crippen molar-refractivity contribution in [2.75, 3.05) is 37.8 Å². The lowest BCUT2D eigenvalue weighted by Crippen LogP contribution is -2.27. The van der Waals surface area contributed by atoms with Crippen molar-refractivity contribution in [3.8, 4) is 0 Å². The van der Waals surface area contributed by atoms with Crippen LogP contribution in [-0.2, 0) is 14.4 Å². The summed E-state index contributed by atoms with van der Waals surface area (Å²) in [5.74, 6) is -0.486. The molecule has 0 bridgehead atoms. The molecule has 7 heteroatoms. The molecule has 0 saturated heterocycles. The number of amides is 3. The van der Waals surface area contributed by atoms with Crippen LogP contribution in [0, 0.1) is 6.92 Å². The predicted molar refractivity (Wildman–Crippen MR) is 90.3 cm³/mol. The SMILES string of the molecule is CC(=O)NCCC(=O)Nc1cc(NC(=O)CN(C)C)ccc1C. The second-order valence-corrected chi connectivity index (χ2v) is 5.60. The van der Waals surface area contributed by atoms with E-state index in [1.54, 1.807) is 17.0 Å². The minimum Gasteiger partial charge on any atom is -0.356 e. The maximum Gasteiger partial charge on any atom is 0.238 e. The number of hydrogen-bond donors (Lipinski definition) is 3. The standard InChI is InChI=1S/C16H24N4O3/c1-11-5-6-13(18-16(23)10-20(3)4)9-14(11)19-15(22)7-8-17-12(2)21/h5-6,9H,7-8,10H2,1-4H3,(H,17,21)(H,18,23)(H,19,22). The quantitative estimate of drug-likeness (QED) is 0.698. The van der Waals surface area contributed by atoms with Crippen molar-refractivity contribution >= 4 is 29.1 Å². The number of hydrogen-bond acceptors (Lipinski definition) is 4. The molecule has 0 atom stereocenters. The summed E-state index contributed by atoms with van der Waals surface area (Å²) in [4.78, 5) is 36.2. The van der Waals surface area contributed by atoms with E-state index in [2.05, 4.69) is 16.0 Å². The van der Waals surface area contributed by atoms with Gasteiger partial charge in [0.1, 0.15) is 0 Å². The Bertz CT molecular complexity index is 585. The average Bonchev–Trinajstić information content (AvgIpc) is 2.41. The summed E-state index contributed by atoms with van der Waals surface area (Å²) in [5, 5.41) is 8.14. The highest BCUT2D eigenvalue weighted by atomic mass is 16.2. The summed E-state index contributed by atoms with van der Waals surface area (Å²) in [6, 6.07) is 5.34. The Balaban J connectivity index is 2.64. The predicted octanol–water partition coefficient (Wildman–Crippen LogP) is 0.960. The minimum absolute atomic E-state index is 0.123. The largest absolute Gasteiger partial charge is 0.356 e. The van der Waals surface area contributed by atoms with Gasteiger partial charge in [0.05, 0.1) is 6.54 Å². The molecule has 1 aromatic rings. The van der Waals surface area contributed by atoms with Crippen molar-refractivity contribution in [3.63, 3.8) is 0 Å². The molecule has 3 amide bonds. The Morgan fingerprint density at radius 2 is 1.78 bits per heavy atom. The molecule has 0 fully saturated rings. The number of benzene rings is 1. The number of aryl methyl sites for hydroxylation is 1. The molecule has 0 aliphatic carbocycles. The lowest BCUT2D eigenvalue weighted by Gasteiger charge is -2.13. The first-order chi connectivity index (χ1) is 10.8. The third-order valence-electron chi connectivity index (χ3n) is 2.98. The number of carbonyl (C=O) groups is 3. The van der Waals surface area contributed by atoms with Gasteiger partial charge in [-0.15, -0.1) is 0 Å². The summed E-state index contributed by atoms with van der Waals surface area (Å²) >= 11 is 0. The first kappa shape index (κ1) is 18.6. The second-order valence-electron chi connectivity index (χ2n) is 5.60. The van der Waals surface area contributed by atoms with Crippen LogP contribution in [0.1, 0.15) is 18.9 Å². The third kappa shape index (κ3) is 7.42. The molecule has 0 radical (unpaired) electrons. The molecule has 0 aliphatic rings. The van der Waals surface area contributed by atoms with Crippen LogP contribution in [-0.4, -0.2) is 49.8 Å². The van der Waals surface area contributed by atoms with E-state index in [0.29, 0.717) is 17.9 Å². The van der Waals surface area contributed by atoms with Gasteiger partial charge < -0.3 is 20.9 Å². The van der Waals surface area contributed by atoms with Gasteiger partial charge in [-0.3, -0.25) is 14.4 Å². The molecule has 1 rings (SSSR count). The molecular weight excluding hydrogens is 296 g/mol. The second kappa shape index (κ2) is 8.89. The molecule has 3 N–H and O–H groups in total. The molecule has 0 saturated carbocycles. The van der Waals surface area contributed by atoms with Crippen molar-refractivity contribution in [2.45, 2.75) is 20.3 Å². The van der Waals surface area contributed by atoms with Crippen LogP contribution < -0.4 is 16.0 Å². The number of anilines is 2. The zero-order valence-corrected chi connectivity index (χ0v) is 14.0. The molecule has 0 aromatic heterocycles. The number of rotatable bonds is 7. The first-order valence-corrected chi connectivity index (χ1v) is 7.37. The summed E-state index contributed by atoms with van der Waals surface area (Å²) in [7, 11) is 3.63. The highest BCUT2D eigenvalue weighted by Gasteiger charge is 2.08. The number of nitrogens with one attached hydrogen (secondary N) is 3. The molecule has 0 heterocycles. The average molecular weight is 320 g/mol. The normalized spacial score (nSPS) is 10.3. The fourth-order valence-electron chi connectivity index (χ4n) is 1.89. The van der Waals surface area contributed by atoms with Crippen molar-refractivity contribution < 1.29 is 14.4 Å². The van der Waals surface area contributed by atoms with Crippen LogP contribution in [0.2, 0.25) is 0 Å². The van der Waals surface area contributed by atoms with E-state index in [9.17, 15) is 14.4 Å². The lowest BCUT2D eigenvalue weighted by atomic mass is 10.1. The van der Waals surface area contributed by atoms with Gasteiger partial charge in [-0.05, 0) is 38.7 Å². The molecule has 23 heavy (non-hydrogen) atoms. The number of likely N-dealkylation sites (N-methyl/N-ethyl adjacent to an activating group) is 1. The Labute approximate surface area is 136 Å². The van der Waals surface area contributed by atoms with Gasteiger partial charge in [-0.25, -0.2) is 0 Å². The van der Waals surface area contributed by atoms with E-state index in [4.69, 9.17) is 0 Å². The summed E-state index contributed by atoms with van der Waals surface area (Å²) in [6.07, 6.45) is 0.191. The Morgan fingerprint density at radius 3 is 2.39 bits per heavy atom. The fourth-order valence-corrected chi connectivity index (χ4v) is 1.89. The molecule has 126 valence electrons. The molecule has 1 aromatic carbocycles. The lowest BCUT2D eigenvalue weighted by molar-refractivity contribution is -0.119. The van der Waals surface area contributed by atoms with Gasteiger partial charge in [-0.1, -0.05) is 6.07 Å². The summed E-state index contributed by atoms with van der Waals surface area (Å²) in [5.41, 5.74) is 2.16. The van der Waals surface area contributed by atoms with Gasteiger partial charge in [0.2, 0.25) is 17.7 Å². The summed E-state index contributed by atoms with van der Waals surface area (Å²) in [6.45, 7) is 3.85. The van der Waals surface area contributed by atoms with Gasteiger partial charge in [-0.2, -0.15) is 0 Å². The van der Waals surface area contributed by atoms with Gasteiger partial charge >= 0.3 is 0 Å². The zero-order chi connectivity index (χ0) is 17.4. The molecular formula is C16H24N4O3. The highest BCUT2D eigenvalue weighted by molar-refractivity contribution is 5.95. The van der Waals surface area contributed by atoms with E-state index in [0.717, 1.165) is 5.56 Å². The fraction of sp³-hybridized carbons (Fsp3) is 0.438. The van der Waals surface area contributed by atoms with Crippen LogP contribution in [0.4, 0.5) is 11.4 Å².